The van der Waals surface area contributed by atoms with Gasteiger partial charge in [-0.05, 0) is 48.9 Å². The first-order valence-corrected chi connectivity index (χ1v) is 13.6. The third-order valence-electron chi connectivity index (χ3n) is 6.65. The average Bonchev–Trinajstić information content (AvgIpc) is 3.07. The highest BCUT2D eigenvalue weighted by Gasteiger charge is 2.49. The number of hydrogen-bond donors (Lipinski definition) is 2. The molecule has 2 aromatic carbocycles. The number of anilines is 1. The van der Waals surface area contributed by atoms with Crippen molar-refractivity contribution < 1.29 is 37.0 Å². The molecule has 3 aliphatic rings. The molecular weight excluding hydrogens is 516 g/mol. The lowest BCUT2D eigenvalue weighted by molar-refractivity contribution is -0.133. The number of ether oxygens (including phenoxy) is 3. The molecule has 4 amide bonds. The molecule has 2 N–H and O–H groups in total. The Balaban J connectivity index is 1.25. The summed E-state index contributed by atoms with van der Waals surface area (Å²) < 4.78 is 43.4. The van der Waals surface area contributed by atoms with Crippen LogP contribution in [0.2, 0.25) is 0 Å². The molecule has 0 aliphatic carbocycles. The van der Waals surface area contributed by atoms with Crippen LogP contribution in [0.15, 0.2) is 47.4 Å². The van der Waals surface area contributed by atoms with Gasteiger partial charge in [-0.25, -0.2) is 13.2 Å². The molecule has 1 atom stereocenters. The van der Waals surface area contributed by atoms with E-state index in [4.69, 9.17) is 14.2 Å². The van der Waals surface area contributed by atoms with Gasteiger partial charge in [-0.2, -0.15) is 4.31 Å². The summed E-state index contributed by atoms with van der Waals surface area (Å²) in [6.07, 6.45) is 0.728. The highest BCUT2D eigenvalue weighted by atomic mass is 32.2. The zero-order chi connectivity index (χ0) is 26.9. The Labute approximate surface area is 219 Å². The van der Waals surface area contributed by atoms with Crippen LogP contribution in [-0.4, -0.2) is 81.5 Å². The Hall–Kier alpha value is -3.68. The second-order valence-corrected chi connectivity index (χ2v) is 11.2. The molecule has 2 saturated heterocycles. The van der Waals surface area contributed by atoms with Crippen LogP contribution in [0.4, 0.5) is 10.5 Å². The zero-order valence-corrected chi connectivity index (χ0v) is 21.6. The smallest absolute Gasteiger partial charge is 0.325 e. The SMILES string of the molecule is C[C@]1(c2ccc3c(c2)OCCCO3)NC(=O)N(CC(=O)Nc2ccc(S(=O)(=O)N3CCOCC3)cc2)C1=O. The summed E-state index contributed by atoms with van der Waals surface area (Å²) in [5, 5.41) is 5.28. The molecule has 2 fully saturated rings. The fourth-order valence-corrected chi connectivity index (χ4v) is 5.91. The van der Waals surface area contributed by atoms with E-state index in [2.05, 4.69) is 10.6 Å². The molecule has 38 heavy (non-hydrogen) atoms. The molecule has 0 radical (unpaired) electrons. The molecule has 2 aromatic rings. The molecule has 12 nitrogen and oxygen atoms in total. The lowest BCUT2D eigenvalue weighted by Gasteiger charge is -2.26. The van der Waals surface area contributed by atoms with E-state index < -0.39 is 40.0 Å². The van der Waals surface area contributed by atoms with Crippen LogP contribution in [0.3, 0.4) is 0 Å². The molecule has 3 aliphatic heterocycles. The molecule has 0 aromatic heterocycles. The topological polar surface area (TPSA) is 144 Å². The van der Waals surface area contributed by atoms with Gasteiger partial charge in [-0.15, -0.1) is 0 Å². The highest BCUT2D eigenvalue weighted by Crippen LogP contribution is 2.36. The number of carbonyl (C=O) groups is 3. The number of urea groups is 1. The van der Waals surface area contributed by atoms with Gasteiger partial charge in [-0.1, -0.05) is 6.07 Å². The van der Waals surface area contributed by atoms with E-state index in [1.165, 1.54) is 28.6 Å². The zero-order valence-electron chi connectivity index (χ0n) is 20.8. The second kappa shape index (κ2) is 10.2. The number of nitrogens with one attached hydrogen (secondary N) is 2. The third kappa shape index (κ3) is 4.91. The van der Waals surface area contributed by atoms with Gasteiger partial charge in [0.2, 0.25) is 15.9 Å². The third-order valence-corrected chi connectivity index (χ3v) is 8.56. The monoisotopic (exact) mass is 544 g/mol. The van der Waals surface area contributed by atoms with Gasteiger partial charge < -0.3 is 24.8 Å². The van der Waals surface area contributed by atoms with Crippen molar-refractivity contribution in [1.29, 1.82) is 0 Å². The van der Waals surface area contributed by atoms with Crippen molar-refractivity contribution >= 4 is 33.6 Å². The molecule has 5 rings (SSSR count). The number of benzene rings is 2. The minimum Gasteiger partial charge on any atom is -0.490 e. The largest absolute Gasteiger partial charge is 0.490 e. The number of fused-ring (bicyclic) bond motifs is 1. The maximum Gasteiger partial charge on any atom is 0.325 e. The average molecular weight is 545 g/mol. The summed E-state index contributed by atoms with van der Waals surface area (Å²) in [7, 11) is -3.67. The van der Waals surface area contributed by atoms with E-state index in [9.17, 15) is 22.8 Å². The standard InChI is InChI=1S/C25H28N4O8S/c1-25(17-3-8-20-21(15-17)37-12-2-11-36-20)23(31)29(24(32)27-25)16-22(30)26-18-4-6-19(7-5-18)38(33,34)28-9-13-35-14-10-28/h3-8,15H,2,9-14,16H2,1H3,(H,26,30)(H,27,32)/t25-/m1/s1. The summed E-state index contributed by atoms with van der Waals surface area (Å²) in [4.78, 5) is 39.6. The van der Waals surface area contributed by atoms with Gasteiger partial charge in [0.05, 0.1) is 31.3 Å². The Bertz CT molecular complexity index is 1360. The summed E-state index contributed by atoms with van der Waals surface area (Å²) >= 11 is 0. The molecule has 3 heterocycles. The van der Waals surface area contributed by atoms with Crippen molar-refractivity contribution in [3.05, 3.63) is 48.0 Å². The predicted molar refractivity (Wildman–Crippen MR) is 134 cm³/mol. The highest BCUT2D eigenvalue weighted by molar-refractivity contribution is 7.89. The maximum atomic E-state index is 13.3. The van der Waals surface area contributed by atoms with Crippen molar-refractivity contribution in [3.63, 3.8) is 0 Å². The Morgan fingerprint density at radius 2 is 1.68 bits per heavy atom. The molecule has 0 spiro atoms. The summed E-state index contributed by atoms with van der Waals surface area (Å²) in [6.45, 7) is 3.27. The van der Waals surface area contributed by atoms with Crippen LogP contribution < -0.4 is 20.1 Å². The number of amides is 4. The lowest BCUT2D eigenvalue weighted by Crippen LogP contribution is -2.42. The van der Waals surface area contributed by atoms with E-state index >= 15 is 0 Å². The van der Waals surface area contributed by atoms with E-state index in [0.717, 1.165) is 11.3 Å². The van der Waals surface area contributed by atoms with Gasteiger partial charge in [-0.3, -0.25) is 14.5 Å². The van der Waals surface area contributed by atoms with Crippen molar-refractivity contribution in [3.8, 4) is 11.5 Å². The number of rotatable bonds is 6. The molecular formula is C25H28N4O8S. The van der Waals surface area contributed by atoms with Crippen LogP contribution >= 0.6 is 0 Å². The molecule has 0 unspecified atom stereocenters. The first-order valence-electron chi connectivity index (χ1n) is 12.2. The Morgan fingerprint density at radius 3 is 2.39 bits per heavy atom. The Kier molecular flexibility index (Phi) is 6.99. The summed E-state index contributed by atoms with van der Waals surface area (Å²) in [5.74, 6) is -0.149. The first kappa shape index (κ1) is 25.9. The number of sulfonamides is 1. The fourth-order valence-electron chi connectivity index (χ4n) is 4.50. The van der Waals surface area contributed by atoms with Gasteiger partial charge in [0, 0.05) is 25.2 Å². The van der Waals surface area contributed by atoms with Crippen LogP contribution in [0.5, 0.6) is 11.5 Å². The normalized spacial score (nSPS) is 22.1. The van der Waals surface area contributed by atoms with E-state index in [1.54, 1.807) is 25.1 Å². The number of nitrogens with zero attached hydrogens (tertiary/aromatic N) is 2. The van der Waals surface area contributed by atoms with E-state index in [-0.39, 0.29) is 18.0 Å². The minimum absolute atomic E-state index is 0.0948. The number of hydrogen-bond acceptors (Lipinski definition) is 8. The van der Waals surface area contributed by atoms with Gasteiger partial charge in [0.15, 0.2) is 11.5 Å². The van der Waals surface area contributed by atoms with Crippen LogP contribution in [0.25, 0.3) is 0 Å². The first-order chi connectivity index (χ1) is 18.2. The fraction of sp³-hybridized carbons (Fsp3) is 0.400. The molecule has 202 valence electrons. The van der Waals surface area contributed by atoms with Crippen molar-refractivity contribution in [1.82, 2.24) is 14.5 Å². The number of carbonyl (C=O) groups excluding carboxylic acids is 3. The summed E-state index contributed by atoms with van der Waals surface area (Å²) in [5.41, 5.74) is -0.564. The molecule has 13 heteroatoms. The number of morpholine rings is 1. The van der Waals surface area contributed by atoms with Gasteiger partial charge in [0.1, 0.15) is 12.1 Å². The maximum absolute atomic E-state index is 13.3. The molecule has 0 saturated carbocycles. The predicted octanol–water partition coefficient (Wildman–Crippen LogP) is 1.27. The Morgan fingerprint density at radius 1 is 1.00 bits per heavy atom. The van der Waals surface area contributed by atoms with E-state index in [1.807, 2.05) is 0 Å². The summed E-state index contributed by atoms with van der Waals surface area (Å²) in [6, 6.07) is 10.0. The number of imide groups is 1. The van der Waals surface area contributed by atoms with Gasteiger partial charge >= 0.3 is 6.03 Å². The second-order valence-electron chi connectivity index (χ2n) is 9.25. The van der Waals surface area contributed by atoms with E-state index in [0.29, 0.717) is 49.2 Å². The van der Waals surface area contributed by atoms with Crippen LogP contribution in [-0.2, 0) is 29.9 Å². The van der Waals surface area contributed by atoms with Crippen molar-refractivity contribution in [2.75, 3.05) is 51.4 Å². The van der Waals surface area contributed by atoms with Crippen LogP contribution in [0, 0.1) is 0 Å². The van der Waals surface area contributed by atoms with Crippen molar-refractivity contribution in [2.24, 2.45) is 0 Å². The minimum atomic E-state index is -3.67. The lowest BCUT2D eigenvalue weighted by atomic mass is 9.91. The molecule has 0 bridgehead atoms. The quantitative estimate of drug-likeness (QED) is 0.518. The van der Waals surface area contributed by atoms with Crippen molar-refractivity contribution in [2.45, 2.75) is 23.8 Å². The van der Waals surface area contributed by atoms with Crippen LogP contribution in [0.1, 0.15) is 18.9 Å². The van der Waals surface area contributed by atoms with Gasteiger partial charge in [0.25, 0.3) is 5.91 Å².